The smallest absolute Gasteiger partial charge is 0.255 e. The minimum atomic E-state index is -0.671. The molecule has 1 amide bonds. The highest BCUT2D eigenvalue weighted by Crippen LogP contribution is 2.38. The molecule has 2 aromatic rings. The lowest BCUT2D eigenvalue weighted by Gasteiger charge is -2.17. The van der Waals surface area contributed by atoms with E-state index in [1.807, 2.05) is 6.07 Å². The van der Waals surface area contributed by atoms with Gasteiger partial charge in [0.2, 0.25) is 0 Å². The minimum absolute atomic E-state index is 0.0277. The third-order valence-corrected chi connectivity index (χ3v) is 4.93. The number of unbranched alkanes of at least 4 members (excludes halogenated alkanes) is 1. The van der Waals surface area contributed by atoms with Gasteiger partial charge in [-0.2, -0.15) is 0 Å². The molecule has 0 saturated carbocycles. The van der Waals surface area contributed by atoms with Crippen LogP contribution in [0.25, 0.3) is 11.1 Å². The van der Waals surface area contributed by atoms with Gasteiger partial charge in [-0.05, 0) is 73.2 Å². The summed E-state index contributed by atoms with van der Waals surface area (Å²) in [6, 6.07) is 8.04. The Labute approximate surface area is 183 Å². The average Bonchev–Trinajstić information content (AvgIpc) is 2.75. The highest BCUT2D eigenvalue weighted by Gasteiger charge is 2.16. The van der Waals surface area contributed by atoms with Crippen molar-refractivity contribution in [1.29, 1.82) is 0 Å². The van der Waals surface area contributed by atoms with E-state index in [-0.39, 0.29) is 17.4 Å². The van der Waals surface area contributed by atoms with Gasteiger partial charge < -0.3 is 21.7 Å². The van der Waals surface area contributed by atoms with E-state index in [4.69, 9.17) is 11.5 Å². The Morgan fingerprint density at radius 1 is 1.10 bits per heavy atom. The number of hydrogen-bond donors (Lipinski definition) is 6. The largest absolute Gasteiger partial charge is 0.508 e. The number of rotatable bonds is 12. The Kier molecular flexibility index (Phi) is 9.12. The van der Waals surface area contributed by atoms with E-state index in [0.717, 1.165) is 24.0 Å². The van der Waals surface area contributed by atoms with E-state index in [1.165, 1.54) is 0 Å². The van der Waals surface area contributed by atoms with Crippen molar-refractivity contribution in [1.82, 2.24) is 5.43 Å². The number of amides is 1. The van der Waals surface area contributed by atoms with Crippen molar-refractivity contribution >= 4 is 11.6 Å². The van der Waals surface area contributed by atoms with Crippen LogP contribution in [-0.4, -0.2) is 28.7 Å². The number of carbonyl (C=O) groups is 1. The number of aromatic hydroxyl groups is 2. The van der Waals surface area contributed by atoms with E-state index < -0.39 is 6.04 Å². The van der Waals surface area contributed by atoms with Crippen molar-refractivity contribution in [3.8, 4) is 22.6 Å². The van der Waals surface area contributed by atoms with Crippen molar-refractivity contribution in [3.05, 3.63) is 66.8 Å². The first-order valence-electron chi connectivity index (χ1n) is 10.3. The third kappa shape index (κ3) is 6.60. The van der Waals surface area contributed by atoms with Crippen molar-refractivity contribution in [2.24, 2.45) is 11.5 Å². The standard InChI is InChI=1S/C24H32N4O3/c1-3-7-16-13-19(17-10-11-22(29)18(15-17)8-4-2)23(30)21(14-16)27-28-24(31)20(26)9-5-6-12-25/h3-4,10-11,13-15,20,27,29-30H,1-2,5-9,12,25-26H2,(H,28,31)/t20-/m1/s1. The summed E-state index contributed by atoms with van der Waals surface area (Å²) in [5.41, 5.74) is 20.0. The molecule has 2 rings (SSSR count). The number of benzene rings is 2. The second-order valence-electron chi connectivity index (χ2n) is 7.37. The average molecular weight is 425 g/mol. The second-order valence-corrected chi connectivity index (χ2v) is 7.37. The van der Waals surface area contributed by atoms with Crippen LogP contribution in [0.2, 0.25) is 0 Å². The second kappa shape index (κ2) is 11.8. The Balaban J connectivity index is 2.30. The van der Waals surface area contributed by atoms with Crippen molar-refractivity contribution in [2.75, 3.05) is 12.0 Å². The zero-order chi connectivity index (χ0) is 22.8. The maximum absolute atomic E-state index is 12.3. The molecular formula is C24H32N4O3. The summed E-state index contributed by atoms with van der Waals surface area (Å²) >= 11 is 0. The molecule has 1 atom stereocenters. The van der Waals surface area contributed by atoms with Crippen LogP contribution in [0.15, 0.2) is 55.6 Å². The number of phenolic OH excluding ortho intramolecular Hbond substituents is 2. The minimum Gasteiger partial charge on any atom is -0.508 e. The number of anilines is 1. The molecule has 0 aliphatic heterocycles. The Morgan fingerprint density at radius 3 is 2.52 bits per heavy atom. The summed E-state index contributed by atoms with van der Waals surface area (Å²) in [7, 11) is 0. The summed E-state index contributed by atoms with van der Waals surface area (Å²) in [6.07, 6.45) is 6.63. The van der Waals surface area contributed by atoms with Crippen molar-refractivity contribution in [2.45, 2.75) is 38.1 Å². The fraction of sp³-hybridized carbons (Fsp3) is 0.292. The maximum Gasteiger partial charge on any atom is 0.255 e. The van der Waals surface area contributed by atoms with Gasteiger partial charge in [-0.1, -0.05) is 24.6 Å². The number of nitrogens with two attached hydrogens (primary N) is 2. The van der Waals surface area contributed by atoms with Crippen LogP contribution < -0.4 is 22.3 Å². The lowest BCUT2D eigenvalue weighted by molar-refractivity contribution is -0.122. The molecule has 0 aromatic heterocycles. The van der Waals surface area contributed by atoms with Gasteiger partial charge in [0.1, 0.15) is 11.5 Å². The zero-order valence-corrected chi connectivity index (χ0v) is 17.7. The van der Waals surface area contributed by atoms with Gasteiger partial charge in [-0.25, -0.2) is 0 Å². The molecule has 0 radical (unpaired) electrons. The molecule has 7 nitrogen and oxygen atoms in total. The zero-order valence-electron chi connectivity index (χ0n) is 17.7. The van der Waals surface area contributed by atoms with Crippen LogP contribution in [0.4, 0.5) is 5.69 Å². The molecular weight excluding hydrogens is 392 g/mol. The van der Waals surface area contributed by atoms with Crippen LogP contribution in [0.5, 0.6) is 11.5 Å². The number of nitrogens with one attached hydrogen (secondary N) is 2. The van der Waals surface area contributed by atoms with Gasteiger partial charge in [0.15, 0.2) is 0 Å². The van der Waals surface area contributed by atoms with Gasteiger partial charge in [-0.3, -0.25) is 15.6 Å². The van der Waals surface area contributed by atoms with Crippen LogP contribution in [0, 0.1) is 0 Å². The molecule has 0 bridgehead atoms. The molecule has 8 N–H and O–H groups in total. The van der Waals surface area contributed by atoms with Gasteiger partial charge in [0.25, 0.3) is 5.91 Å². The lowest BCUT2D eigenvalue weighted by atomic mass is 9.96. The highest BCUT2D eigenvalue weighted by atomic mass is 16.3. The maximum atomic E-state index is 12.3. The van der Waals surface area contributed by atoms with Crippen LogP contribution >= 0.6 is 0 Å². The number of hydrazine groups is 1. The molecule has 0 fully saturated rings. The number of carbonyl (C=O) groups excluding carboxylic acids is 1. The number of allylic oxidation sites excluding steroid dienone is 2. The van der Waals surface area contributed by atoms with E-state index in [2.05, 4.69) is 24.0 Å². The summed E-state index contributed by atoms with van der Waals surface area (Å²) < 4.78 is 0. The topological polar surface area (TPSA) is 134 Å². The van der Waals surface area contributed by atoms with E-state index in [1.54, 1.807) is 36.4 Å². The summed E-state index contributed by atoms with van der Waals surface area (Å²) in [4.78, 5) is 12.3. The Hall–Kier alpha value is -3.29. The first kappa shape index (κ1) is 24.0. The lowest BCUT2D eigenvalue weighted by Crippen LogP contribution is -2.43. The molecule has 0 aliphatic carbocycles. The highest BCUT2D eigenvalue weighted by molar-refractivity contribution is 5.84. The summed E-state index contributed by atoms with van der Waals surface area (Å²) in [5, 5.41) is 20.9. The van der Waals surface area contributed by atoms with Gasteiger partial charge in [0, 0.05) is 5.56 Å². The first-order valence-corrected chi connectivity index (χ1v) is 10.3. The predicted molar refractivity (Wildman–Crippen MR) is 126 cm³/mol. The van der Waals surface area contributed by atoms with Crippen LogP contribution in [0.3, 0.4) is 0 Å². The first-order chi connectivity index (χ1) is 14.9. The molecule has 166 valence electrons. The normalized spacial score (nSPS) is 11.5. The molecule has 0 saturated heterocycles. The fourth-order valence-corrected chi connectivity index (χ4v) is 3.23. The molecule has 0 spiro atoms. The Bertz CT molecular complexity index is 927. The van der Waals surface area contributed by atoms with Gasteiger partial charge >= 0.3 is 0 Å². The van der Waals surface area contributed by atoms with Gasteiger partial charge in [-0.15, -0.1) is 13.2 Å². The van der Waals surface area contributed by atoms with Crippen LogP contribution in [-0.2, 0) is 17.6 Å². The van der Waals surface area contributed by atoms with E-state index in [0.29, 0.717) is 42.6 Å². The van der Waals surface area contributed by atoms with Gasteiger partial charge in [0.05, 0.1) is 11.7 Å². The quantitative estimate of drug-likeness (QED) is 0.134. The number of phenols is 2. The van der Waals surface area contributed by atoms with Crippen molar-refractivity contribution < 1.29 is 15.0 Å². The number of hydrogen-bond acceptors (Lipinski definition) is 6. The molecule has 0 aliphatic rings. The summed E-state index contributed by atoms with van der Waals surface area (Å²) in [5.74, 6) is -0.232. The van der Waals surface area contributed by atoms with E-state index in [9.17, 15) is 15.0 Å². The molecule has 31 heavy (non-hydrogen) atoms. The molecule has 0 heterocycles. The fourth-order valence-electron chi connectivity index (χ4n) is 3.23. The predicted octanol–water partition coefficient (Wildman–Crippen LogP) is 3.12. The summed E-state index contributed by atoms with van der Waals surface area (Å²) in [6.45, 7) is 8.04. The van der Waals surface area contributed by atoms with E-state index >= 15 is 0 Å². The third-order valence-electron chi connectivity index (χ3n) is 4.93. The van der Waals surface area contributed by atoms with Crippen molar-refractivity contribution in [3.63, 3.8) is 0 Å². The monoisotopic (exact) mass is 424 g/mol. The Morgan fingerprint density at radius 2 is 1.84 bits per heavy atom. The van der Waals surface area contributed by atoms with Crippen LogP contribution in [0.1, 0.15) is 30.4 Å². The SMILES string of the molecule is C=CCc1cc(NNC(=O)[C@H](N)CCCCN)c(O)c(-c2ccc(O)c(CC=C)c2)c1. The molecule has 0 unspecified atom stereocenters. The molecule has 2 aromatic carbocycles. The molecule has 7 heteroatoms.